The van der Waals surface area contributed by atoms with Crippen molar-refractivity contribution in [1.82, 2.24) is 0 Å². The first kappa shape index (κ1) is 69.1. The van der Waals surface area contributed by atoms with Gasteiger partial charge in [-0.15, -0.1) is 0 Å². The third-order valence-corrected chi connectivity index (χ3v) is 22.9. The van der Waals surface area contributed by atoms with Gasteiger partial charge in [0.25, 0.3) is 0 Å². The van der Waals surface area contributed by atoms with Crippen LogP contribution in [0.1, 0.15) is 127 Å². The fourth-order valence-electron chi connectivity index (χ4n) is 17.5. The van der Waals surface area contributed by atoms with E-state index in [-0.39, 0.29) is 34.5 Å². The van der Waals surface area contributed by atoms with Crippen molar-refractivity contribution in [2.45, 2.75) is 298 Å². The molecule has 0 radical (unpaired) electrons. The fourth-order valence-corrected chi connectivity index (χ4v) is 17.5. The Morgan fingerprint density at radius 2 is 1.00 bits per heavy atom. The summed E-state index contributed by atoms with van der Waals surface area (Å²) in [5.74, 6) is -0.615. The molecule has 5 heterocycles. The molecule has 86 heavy (non-hydrogen) atoms. The molecule has 9 aliphatic rings. The van der Waals surface area contributed by atoms with Crippen molar-refractivity contribution in [3.05, 3.63) is 11.6 Å². The lowest BCUT2D eigenvalue weighted by molar-refractivity contribution is -0.382. The van der Waals surface area contributed by atoms with Gasteiger partial charge in [0.1, 0.15) is 110 Å². The van der Waals surface area contributed by atoms with Crippen LogP contribution >= 0.6 is 0 Å². The van der Waals surface area contributed by atoms with Crippen LogP contribution in [0.25, 0.3) is 0 Å². The summed E-state index contributed by atoms with van der Waals surface area (Å²) in [6.07, 6.45) is -32.6. The zero-order chi connectivity index (χ0) is 63.2. The summed E-state index contributed by atoms with van der Waals surface area (Å²) >= 11 is 0. The largest absolute Gasteiger partial charge is 0.394 e. The molecule has 4 saturated carbocycles. The van der Waals surface area contributed by atoms with Crippen LogP contribution in [0.5, 0.6) is 0 Å². The number of rotatable bonds is 17. The molecule has 0 bridgehead atoms. The Bertz CT molecular complexity index is 2280. The van der Waals surface area contributed by atoms with Crippen LogP contribution in [0.3, 0.4) is 0 Å². The zero-order valence-corrected chi connectivity index (χ0v) is 51.2. The van der Waals surface area contributed by atoms with E-state index in [1.807, 2.05) is 20.8 Å². The van der Waals surface area contributed by atoms with Gasteiger partial charge in [0, 0.05) is 0 Å². The SMILES string of the molecule is CC(C)=CCCC(C)(OC1OC(COC2OC(C)C(O)C(O)C2O)C(O)C(O)C1O)C1CCC2(C)C1C(O)CC1C3(C)CCC(OC4OC(COC5OC(C)C(O)C(O)C5O)C(O)C(O)C4OC4OC(CO)C(O)C(O)C4O)C(C)(C)C3CCC12C. The molecule has 5 aliphatic heterocycles. The van der Waals surface area contributed by atoms with E-state index in [4.69, 9.17) is 47.4 Å². The summed E-state index contributed by atoms with van der Waals surface area (Å²) in [5.41, 5.74) is -1.81. The molecular weight excluding hydrogens is 1140 g/mol. The summed E-state index contributed by atoms with van der Waals surface area (Å²) in [6, 6.07) is 0. The van der Waals surface area contributed by atoms with Gasteiger partial charge in [-0.3, -0.25) is 0 Å². The molecule has 9 fully saturated rings. The lowest BCUT2D eigenvalue weighted by atomic mass is 9.35. The summed E-state index contributed by atoms with van der Waals surface area (Å²) in [7, 11) is 0. The molecule has 26 nitrogen and oxygen atoms in total. The van der Waals surface area contributed by atoms with Crippen molar-refractivity contribution < 1.29 is 129 Å². The maximum absolute atomic E-state index is 13.0. The lowest BCUT2D eigenvalue weighted by Crippen LogP contribution is -2.68. The van der Waals surface area contributed by atoms with Gasteiger partial charge in [0.15, 0.2) is 31.5 Å². The van der Waals surface area contributed by atoms with E-state index in [9.17, 15) is 81.7 Å². The molecule has 35 atom stereocenters. The minimum absolute atomic E-state index is 0.00635. The summed E-state index contributed by atoms with van der Waals surface area (Å²) < 4.78 is 61.3. The number of hydrogen-bond acceptors (Lipinski definition) is 26. The minimum atomic E-state index is -1.89. The Kier molecular flexibility index (Phi) is 21.1. The van der Waals surface area contributed by atoms with Gasteiger partial charge in [0.2, 0.25) is 0 Å². The highest BCUT2D eigenvalue weighted by molar-refractivity contribution is 5.21. The van der Waals surface area contributed by atoms with Gasteiger partial charge in [-0.05, 0) is 138 Å². The predicted octanol–water partition coefficient (Wildman–Crippen LogP) is -2.32. The molecular formula is C60H102O26. The van der Waals surface area contributed by atoms with Crippen LogP contribution < -0.4 is 0 Å². The first-order valence-electron chi connectivity index (χ1n) is 31.1. The van der Waals surface area contributed by atoms with Crippen LogP contribution in [-0.4, -0.2) is 273 Å². The number of fused-ring (bicyclic) bond motifs is 5. The fraction of sp³-hybridized carbons (Fsp3) is 0.967. The van der Waals surface area contributed by atoms with E-state index in [1.54, 1.807) is 0 Å². The second kappa shape index (κ2) is 26.2. The highest BCUT2D eigenvalue weighted by Crippen LogP contribution is 2.76. The normalized spacial score (nSPS) is 53.8. The van der Waals surface area contributed by atoms with Crippen LogP contribution in [0.4, 0.5) is 0 Å². The molecule has 0 amide bonds. The maximum atomic E-state index is 13.0. The Balaban J connectivity index is 0.941. The van der Waals surface area contributed by atoms with Gasteiger partial charge in [-0.2, -0.15) is 0 Å². The van der Waals surface area contributed by atoms with Gasteiger partial charge in [-0.25, -0.2) is 0 Å². The van der Waals surface area contributed by atoms with E-state index in [2.05, 4.69) is 40.7 Å². The third-order valence-electron chi connectivity index (χ3n) is 22.9. The number of allylic oxidation sites excluding steroid dienone is 2. The molecule has 0 aromatic carbocycles. The van der Waals surface area contributed by atoms with E-state index in [1.165, 1.54) is 13.8 Å². The van der Waals surface area contributed by atoms with Crippen LogP contribution in [0, 0.1) is 45.3 Å². The van der Waals surface area contributed by atoms with Gasteiger partial charge in [0.05, 0.1) is 49.8 Å². The van der Waals surface area contributed by atoms with Gasteiger partial charge in [-0.1, -0.05) is 46.3 Å². The zero-order valence-electron chi connectivity index (χ0n) is 51.2. The molecule has 16 N–H and O–H groups in total. The summed E-state index contributed by atoms with van der Waals surface area (Å²) in [5, 5.41) is 176. The first-order chi connectivity index (χ1) is 40.2. The van der Waals surface area contributed by atoms with Crippen molar-refractivity contribution in [3.63, 3.8) is 0 Å². The molecule has 9 rings (SSSR count). The van der Waals surface area contributed by atoms with Crippen LogP contribution in [-0.2, 0) is 47.4 Å². The van der Waals surface area contributed by atoms with Crippen molar-refractivity contribution in [1.29, 1.82) is 0 Å². The molecule has 0 spiro atoms. The Hall–Kier alpha value is -1.30. The second-order valence-corrected chi connectivity index (χ2v) is 28.6. The van der Waals surface area contributed by atoms with E-state index in [0.717, 1.165) is 24.8 Å². The Labute approximate surface area is 502 Å². The van der Waals surface area contributed by atoms with Crippen molar-refractivity contribution in [3.8, 4) is 0 Å². The molecule has 0 aromatic heterocycles. The van der Waals surface area contributed by atoms with Crippen LogP contribution in [0.2, 0.25) is 0 Å². The third kappa shape index (κ3) is 12.3. The number of hydrogen-bond donors (Lipinski definition) is 16. The average Bonchev–Trinajstić information content (AvgIpc) is 1.22. The van der Waals surface area contributed by atoms with E-state index >= 15 is 0 Å². The first-order valence-corrected chi connectivity index (χ1v) is 31.1. The molecule has 35 unspecified atom stereocenters. The standard InChI is InChI=1S/C60H102O26/c1-24(2)12-11-16-60(10,86-54-49(76)44(71)39(66)30(82-54)22-77-51-46(73)41(68)36(63)25(3)79-51)27-13-18-59(9)35(27)28(62)20-33-57(7)17-15-34(56(5,6)32(57)14-19-58(33,59)8)84-55-50(85-53-48(75)43(70)38(65)29(21-61)81-53)45(72)40(67)31(83-55)23-78-52-47(74)42(69)37(64)26(4)80-52/h12,25-55,61-76H,11,13-23H2,1-10H3. The topological polar surface area (TPSA) is 416 Å². The minimum Gasteiger partial charge on any atom is -0.394 e. The quantitative estimate of drug-likeness (QED) is 0.0537. The average molecular weight is 1240 g/mol. The monoisotopic (exact) mass is 1240 g/mol. The number of ether oxygens (including phenoxy) is 10. The maximum Gasteiger partial charge on any atom is 0.187 e. The predicted molar refractivity (Wildman–Crippen MR) is 296 cm³/mol. The summed E-state index contributed by atoms with van der Waals surface area (Å²) in [4.78, 5) is 0. The highest BCUT2D eigenvalue weighted by Gasteiger charge is 2.72. The smallest absolute Gasteiger partial charge is 0.187 e. The summed E-state index contributed by atoms with van der Waals surface area (Å²) in [6.45, 7) is 18.3. The van der Waals surface area contributed by atoms with Crippen molar-refractivity contribution in [2.24, 2.45) is 45.3 Å². The van der Waals surface area contributed by atoms with Crippen molar-refractivity contribution >= 4 is 0 Å². The Morgan fingerprint density at radius 1 is 0.512 bits per heavy atom. The van der Waals surface area contributed by atoms with Crippen LogP contribution in [0.15, 0.2) is 11.6 Å². The number of aliphatic hydroxyl groups is 16. The molecule has 26 heteroatoms. The number of aliphatic hydroxyl groups excluding tert-OH is 16. The molecule has 498 valence electrons. The second-order valence-electron chi connectivity index (χ2n) is 28.6. The molecule has 0 aromatic rings. The molecule has 4 aliphatic carbocycles. The highest BCUT2D eigenvalue weighted by atomic mass is 16.8. The van der Waals surface area contributed by atoms with Gasteiger partial charge < -0.3 is 129 Å². The van der Waals surface area contributed by atoms with Gasteiger partial charge >= 0.3 is 0 Å². The van der Waals surface area contributed by atoms with E-state index < -0.39 is 202 Å². The van der Waals surface area contributed by atoms with Crippen molar-refractivity contribution in [2.75, 3.05) is 19.8 Å². The van der Waals surface area contributed by atoms with E-state index in [0.29, 0.717) is 38.5 Å². The lowest BCUT2D eigenvalue weighted by Gasteiger charge is -2.71. The Morgan fingerprint density at radius 3 is 1.56 bits per heavy atom. The molecule has 5 saturated heterocycles.